The fourth-order valence-corrected chi connectivity index (χ4v) is 1.41. The first-order valence-corrected chi connectivity index (χ1v) is 4.19. The molecule has 4 nitrogen and oxygen atoms in total. The van der Waals surface area contributed by atoms with Gasteiger partial charge in [0.15, 0.2) is 0 Å². The summed E-state index contributed by atoms with van der Waals surface area (Å²) >= 11 is 0. The van der Waals surface area contributed by atoms with Gasteiger partial charge in [-0.05, 0) is 0 Å². The van der Waals surface area contributed by atoms with Crippen LogP contribution in [0.1, 0.15) is 6.92 Å². The first-order chi connectivity index (χ1) is 5.63. The Kier molecular flexibility index (Phi) is 3.05. The topological polar surface area (TPSA) is 60.8 Å². The average molecular weight is 173 g/mol. The van der Waals surface area contributed by atoms with Crippen molar-refractivity contribution < 1.29 is 15.0 Å². The first kappa shape index (κ1) is 9.48. The summed E-state index contributed by atoms with van der Waals surface area (Å²) in [5.74, 6) is -0.682. The van der Waals surface area contributed by atoms with Crippen molar-refractivity contribution in [3.05, 3.63) is 0 Å². The molecule has 1 fully saturated rings. The molecule has 1 saturated heterocycles. The minimum absolute atomic E-state index is 0.220. The van der Waals surface area contributed by atoms with Crippen molar-refractivity contribution in [2.45, 2.75) is 6.92 Å². The van der Waals surface area contributed by atoms with Gasteiger partial charge in [0.25, 0.3) is 0 Å². The van der Waals surface area contributed by atoms with Gasteiger partial charge in [-0.15, -0.1) is 0 Å². The quantitative estimate of drug-likeness (QED) is 0.609. The maximum Gasteiger partial charge on any atom is 0.307 e. The van der Waals surface area contributed by atoms with Crippen LogP contribution in [-0.4, -0.2) is 47.3 Å². The van der Waals surface area contributed by atoms with Crippen molar-refractivity contribution in [3.8, 4) is 0 Å². The van der Waals surface area contributed by atoms with Crippen molar-refractivity contribution >= 4 is 5.97 Å². The minimum Gasteiger partial charge on any atom is -0.481 e. The number of likely N-dealkylation sites (tertiary alicyclic amines) is 1. The van der Waals surface area contributed by atoms with E-state index in [0.717, 1.165) is 13.1 Å². The summed E-state index contributed by atoms with van der Waals surface area (Å²) in [5.41, 5.74) is 0. The smallest absolute Gasteiger partial charge is 0.307 e. The molecule has 1 rings (SSSR count). The highest BCUT2D eigenvalue weighted by Crippen LogP contribution is 2.15. The van der Waals surface area contributed by atoms with Crippen LogP contribution in [0.2, 0.25) is 0 Å². The Hall–Kier alpha value is -0.610. The predicted molar refractivity (Wildman–Crippen MR) is 43.8 cm³/mol. The van der Waals surface area contributed by atoms with Gasteiger partial charge in [0.05, 0.1) is 5.92 Å². The van der Waals surface area contributed by atoms with E-state index in [2.05, 4.69) is 4.90 Å². The monoisotopic (exact) mass is 173 g/mol. The number of aliphatic carboxylic acids is 1. The van der Waals surface area contributed by atoms with E-state index in [1.165, 1.54) is 0 Å². The highest BCUT2D eigenvalue weighted by Gasteiger charge is 2.28. The zero-order valence-electron chi connectivity index (χ0n) is 7.23. The number of carboxylic acids is 1. The summed E-state index contributed by atoms with van der Waals surface area (Å²) in [6.07, 6.45) is 0. The molecular weight excluding hydrogens is 158 g/mol. The third-order valence-corrected chi connectivity index (χ3v) is 2.24. The lowest BCUT2D eigenvalue weighted by molar-refractivity contribution is -0.142. The Morgan fingerprint density at radius 2 is 2.25 bits per heavy atom. The van der Waals surface area contributed by atoms with E-state index >= 15 is 0 Å². The zero-order valence-corrected chi connectivity index (χ0v) is 7.23. The van der Waals surface area contributed by atoms with Gasteiger partial charge in [0.1, 0.15) is 0 Å². The number of carboxylic acid groups (broad SMARTS) is 1. The molecule has 4 heteroatoms. The van der Waals surface area contributed by atoms with Crippen LogP contribution in [0.4, 0.5) is 0 Å². The normalized spacial score (nSPS) is 21.8. The van der Waals surface area contributed by atoms with Crippen molar-refractivity contribution in [2.75, 3.05) is 26.2 Å². The van der Waals surface area contributed by atoms with Crippen molar-refractivity contribution in [1.82, 2.24) is 4.90 Å². The lowest BCUT2D eigenvalue weighted by Gasteiger charge is -2.39. The molecule has 1 heterocycles. The molecule has 12 heavy (non-hydrogen) atoms. The molecule has 0 aromatic rings. The van der Waals surface area contributed by atoms with Crippen molar-refractivity contribution in [1.29, 1.82) is 0 Å². The summed E-state index contributed by atoms with van der Waals surface area (Å²) in [6, 6.07) is 0. The molecule has 1 unspecified atom stereocenters. The number of aliphatic hydroxyl groups excluding tert-OH is 1. The Bertz CT molecular complexity index is 166. The molecule has 0 radical (unpaired) electrons. The van der Waals surface area contributed by atoms with Gasteiger partial charge in [0.2, 0.25) is 0 Å². The van der Waals surface area contributed by atoms with Crippen LogP contribution < -0.4 is 0 Å². The predicted octanol–water partition coefficient (Wildman–Crippen LogP) is -0.369. The number of hydrogen-bond acceptors (Lipinski definition) is 3. The second kappa shape index (κ2) is 3.87. The summed E-state index contributed by atoms with van der Waals surface area (Å²) in [6.45, 7) is 4.21. The van der Waals surface area contributed by atoms with Crippen LogP contribution in [0, 0.1) is 11.8 Å². The fraction of sp³-hybridized carbons (Fsp3) is 0.875. The molecule has 0 spiro atoms. The maximum absolute atomic E-state index is 10.4. The fourth-order valence-electron chi connectivity index (χ4n) is 1.41. The van der Waals surface area contributed by atoms with E-state index in [9.17, 15) is 4.79 Å². The van der Waals surface area contributed by atoms with Gasteiger partial charge in [-0.2, -0.15) is 0 Å². The largest absolute Gasteiger partial charge is 0.481 e. The molecule has 0 bridgehead atoms. The lowest BCUT2D eigenvalue weighted by atomic mass is 9.99. The summed E-state index contributed by atoms with van der Waals surface area (Å²) in [5, 5.41) is 17.3. The second-order valence-corrected chi connectivity index (χ2v) is 3.51. The Morgan fingerprint density at radius 3 is 2.67 bits per heavy atom. The van der Waals surface area contributed by atoms with E-state index in [0.29, 0.717) is 12.5 Å². The number of hydrogen-bond donors (Lipinski definition) is 2. The number of aliphatic hydroxyl groups is 1. The SMILES string of the molecule is CC(CN1CC(CO)C1)C(=O)O. The van der Waals surface area contributed by atoms with Crippen molar-refractivity contribution in [2.24, 2.45) is 11.8 Å². The van der Waals surface area contributed by atoms with Gasteiger partial charge in [-0.1, -0.05) is 6.92 Å². The summed E-state index contributed by atoms with van der Waals surface area (Å²) < 4.78 is 0. The van der Waals surface area contributed by atoms with Gasteiger partial charge >= 0.3 is 5.97 Å². The minimum atomic E-state index is -0.748. The molecule has 0 aromatic carbocycles. The molecule has 1 aliphatic heterocycles. The number of carbonyl (C=O) groups is 1. The molecule has 0 saturated carbocycles. The lowest BCUT2D eigenvalue weighted by Crippen LogP contribution is -2.50. The summed E-state index contributed by atoms with van der Waals surface area (Å²) in [7, 11) is 0. The molecule has 0 amide bonds. The van der Waals surface area contributed by atoms with Crippen LogP contribution in [-0.2, 0) is 4.79 Å². The Balaban J connectivity index is 2.14. The Morgan fingerprint density at radius 1 is 1.67 bits per heavy atom. The number of rotatable bonds is 4. The molecule has 2 N–H and O–H groups in total. The van der Waals surface area contributed by atoms with Crippen molar-refractivity contribution in [3.63, 3.8) is 0 Å². The van der Waals surface area contributed by atoms with Crippen LogP contribution in [0.15, 0.2) is 0 Å². The van der Waals surface area contributed by atoms with E-state index in [-0.39, 0.29) is 12.5 Å². The molecule has 0 aliphatic carbocycles. The molecule has 1 atom stereocenters. The molecule has 0 aromatic heterocycles. The Labute approximate surface area is 71.8 Å². The van der Waals surface area contributed by atoms with Crippen LogP contribution in [0.5, 0.6) is 0 Å². The van der Waals surface area contributed by atoms with E-state index in [4.69, 9.17) is 10.2 Å². The third kappa shape index (κ3) is 2.19. The highest BCUT2D eigenvalue weighted by atomic mass is 16.4. The van der Waals surface area contributed by atoms with Gasteiger partial charge in [0, 0.05) is 32.2 Å². The number of nitrogens with zero attached hydrogens (tertiary/aromatic N) is 1. The molecule has 70 valence electrons. The third-order valence-electron chi connectivity index (χ3n) is 2.24. The average Bonchev–Trinajstić information content (AvgIpc) is 1.94. The van der Waals surface area contributed by atoms with Crippen LogP contribution in [0.25, 0.3) is 0 Å². The highest BCUT2D eigenvalue weighted by molar-refractivity contribution is 5.69. The van der Waals surface area contributed by atoms with E-state index in [1.807, 2.05) is 0 Å². The second-order valence-electron chi connectivity index (χ2n) is 3.51. The zero-order chi connectivity index (χ0) is 9.14. The first-order valence-electron chi connectivity index (χ1n) is 4.19. The van der Waals surface area contributed by atoms with Gasteiger partial charge < -0.3 is 15.1 Å². The summed E-state index contributed by atoms with van der Waals surface area (Å²) in [4.78, 5) is 12.5. The molecule has 1 aliphatic rings. The standard InChI is InChI=1S/C8H15NO3/c1-6(8(11)12)2-9-3-7(4-9)5-10/h6-7,10H,2-5H2,1H3,(H,11,12). The van der Waals surface area contributed by atoms with Crippen LogP contribution in [0.3, 0.4) is 0 Å². The van der Waals surface area contributed by atoms with E-state index < -0.39 is 5.97 Å². The van der Waals surface area contributed by atoms with E-state index in [1.54, 1.807) is 6.92 Å². The van der Waals surface area contributed by atoms with Gasteiger partial charge in [-0.25, -0.2) is 0 Å². The maximum atomic E-state index is 10.4. The van der Waals surface area contributed by atoms with Crippen LogP contribution >= 0.6 is 0 Å². The van der Waals surface area contributed by atoms with Gasteiger partial charge in [-0.3, -0.25) is 4.79 Å². The molecular formula is C8H15NO3.